The Morgan fingerprint density at radius 2 is 2.20 bits per heavy atom. The van der Waals surface area contributed by atoms with Crippen molar-refractivity contribution in [1.82, 2.24) is 5.32 Å². The molecule has 5 nitrogen and oxygen atoms in total. The lowest BCUT2D eigenvalue weighted by Crippen LogP contribution is -2.37. The number of amides is 2. The second-order valence-corrected chi connectivity index (χ2v) is 5.29. The molecule has 0 aromatic heterocycles. The van der Waals surface area contributed by atoms with Crippen molar-refractivity contribution in [3.05, 3.63) is 23.8 Å². The third-order valence-corrected chi connectivity index (χ3v) is 3.14. The van der Waals surface area contributed by atoms with Crippen molar-refractivity contribution in [2.24, 2.45) is 0 Å². The minimum absolute atomic E-state index is 0.0671. The standard InChI is InChI=1S/C15H20N2O3/c1-9(2)20-11-4-5-12(10(3)8-11)17-15(19)13-6-7-14(18)16-13/h4-5,8-9,13H,6-7H2,1-3H3,(H,16,18)(H,17,19). The molecular weight excluding hydrogens is 256 g/mol. The zero-order chi connectivity index (χ0) is 14.7. The Balaban J connectivity index is 2.02. The van der Waals surface area contributed by atoms with E-state index >= 15 is 0 Å². The Labute approximate surface area is 118 Å². The van der Waals surface area contributed by atoms with E-state index in [-0.39, 0.29) is 17.9 Å². The van der Waals surface area contributed by atoms with Crippen molar-refractivity contribution in [1.29, 1.82) is 0 Å². The summed E-state index contributed by atoms with van der Waals surface area (Å²) < 4.78 is 5.60. The van der Waals surface area contributed by atoms with Gasteiger partial charge in [-0.25, -0.2) is 0 Å². The second-order valence-electron chi connectivity index (χ2n) is 5.29. The van der Waals surface area contributed by atoms with Gasteiger partial charge in [-0.05, 0) is 51.0 Å². The third-order valence-electron chi connectivity index (χ3n) is 3.14. The Hall–Kier alpha value is -2.04. The number of ether oxygens (including phenoxy) is 1. The summed E-state index contributed by atoms with van der Waals surface area (Å²) >= 11 is 0. The average molecular weight is 276 g/mol. The quantitative estimate of drug-likeness (QED) is 0.884. The average Bonchev–Trinajstić information content (AvgIpc) is 2.78. The van der Waals surface area contributed by atoms with Gasteiger partial charge in [-0.2, -0.15) is 0 Å². The molecule has 2 rings (SSSR count). The van der Waals surface area contributed by atoms with Crippen LogP contribution in [0.25, 0.3) is 0 Å². The van der Waals surface area contributed by atoms with E-state index in [2.05, 4.69) is 10.6 Å². The molecule has 0 aliphatic carbocycles. The first-order valence-corrected chi connectivity index (χ1v) is 6.83. The number of rotatable bonds is 4. The first kappa shape index (κ1) is 14.4. The first-order valence-electron chi connectivity index (χ1n) is 6.83. The van der Waals surface area contributed by atoms with Crippen LogP contribution in [-0.4, -0.2) is 24.0 Å². The Morgan fingerprint density at radius 3 is 2.75 bits per heavy atom. The Kier molecular flexibility index (Phi) is 4.27. The summed E-state index contributed by atoms with van der Waals surface area (Å²) in [5.74, 6) is 0.545. The number of carbonyl (C=O) groups is 2. The summed E-state index contributed by atoms with van der Waals surface area (Å²) in [6.07, 6.45) is 1.08. The van der Waals surface area contributed by atoms with Crippen molar-refractivity contribution >= 4 is 17.5 Å². The van der Waals surface area contributed by atoms with Gasteiger partial charge in [0.1, 0.15) is 11.8 Å². The van der Waals surface area contributed by atoms with Gasteiger partial charge < -0.3 is 15.4 Å². The fraction of sp³-hybridized carbons (Fsp3) is 0.467. The van der Waals surface area contributed by atoms with Crippen LogP contribution >= 0.6 is 0 Å². The van der Waals surface area contributed by atoms with Gasteiger partial charge in [-0.15, -0.1) is 0 Å². The molecule has 1 aliphatic heterocycles. The highest BCUT2D eigenvalue weighted by Crippen LogP contribution is 2.22. The van der Waals surface area contributed by atoms with E-state index in [4.69, 9.17) is 4.74 Å². The fourth-order valence-electron chi connectivity index (χ4n) is 2.15. The van der Waals surface area contributed by atoms with Crippen molar-refractivity contribution in [2.45, 2.75) is 45.8 Å². The highest BCUT2D eigenvalue weighted by atomic mass is 16.5. The molecule has 2 N–H and O–H groups in total. The maximum absolute atomic E-state index is 12.0. The Morgan fingerprint density at radius 1 is 1.45 bits per heavy atom. The van der Waals surface area contributed by atoms with Crippen LogP contribution in [0.5, 0.6) is 5.75 Å². The van der Waals surface area contributed by atoms with Crippen LogP contribution in [0.4, 0.5) is 5.69 Å². The molecule has 1 aliphatic rings. The lowest BCUT2D eigenvalue weighted by atomic mass is 10.1. The Bertz CT molecular complexity index is 526. The zero-order valence-corrected chi connectivity index (χ0v) is 12.0. The summed E-state index contributed by atoms with van der Waals surface area (Å²) in [5, 5.41) is 5.50. The van der Waals surface area contributed by atoms with E-state index in [0.717, 1.165) is 17.0 Å². The molecule has 1 unspecified atom stereocenters. The van der Waals surface area contributed by atoms with Gasteiger partial charge >= 0.3 is 0 Å². The predicted octanol–water partition coefficient (Wildman–Crippen LogP) is 2.00. The van der Waals surface area contributed by atoms with Crippen molar-refractivity contribution in [3.63, 3.8) is 0 Å². The van der Waals surface area contributed by atoms with E-state index in [1.165, 1.54) is 0 Å². The van der Waals surface area contributed by atoms with E-state index in [1.807, 2.05) is 39.0 Å². The number of carbonyl (C=O) groups excluding carboxylic acids is 2. The summed E-state index contributed by atoms with van der Waals surface area (Å²) in [4.78, 5) is 23.1. The van der Waals surface area contributed by atoms with Crippen LogP contribution in [0.15, 0.2) is 18.2 Å². The van der Waals surface area contributed by atoms with Gasteiger partial charge in [-0.1, -0.05) is 0 Å². The van der Waals surface area contributed by atoms with Crippen LogP contribution in [0, 0.1) is 6.92 Å². The smallest absolute Gasteiger partial charge is 0.246 e. The molecule has 1 atom stereocenters. The largest absolute Gasteiger partial charge is 0.491 e. The second kappa shape index (κ2) is 5.94. The van der Waals surface area contributed by atoms with Crippen molar-refractivity contribution in [3.8, 4) is 5.75 Å². The predicted molar refractivity (Wildman–Crippen MR) is 76.7 cm³/mol. The van der Waals surface area contributed by atoms with Gasteiger partial charge in [0.2, 0.25) is 11.8 Å². The number of aryl methyl sites for hydroxylation is 1. The topological polar surface area (TPSA) is 67.4 Å². The first-order chi connectivity index (χ1) is 9.45. The molecule has 0 saturated carbocycles. The van der Waals surface area contributed by atoms with E-state index in [0.29, 0.717) is 12.8 Å². The van der Waals surface area contributed by atoms with Crippen molar-refractivity contribution < 1.29 is 14.3 Å². The van der Waals surface area contributed by atoms with Crippen LogP contribution in [0.3, 0.4) is 0 Å². The molecule has 0 radical (unpaired) electrons. The molecule has 1 fully saturated rings. The van der Waals surface area contributed by atoms with Crippen LogP contribution in [0.1, 0.15) is 32.3 Å². The van der Waals surface area contributed by atoms with E-state index in [9.17, 15) is 9.59 Å². The highest BCUT2D eigenvalue weighted by Gasteiger charge is 2.27. The summed E-state index contributed by atoms with van der Waals surface area (Å²) in [6, 6.07) is 5.12. The summed E-state index contributed by atoms with van der Waals surface area (Å²) in [6.45, 7) is 5.84. The number of nitrogens with one attached hydrogen (secondary N) is 2. The molecule has 0 bridgehead atoms. The SMILES string of the molecule is Cc1cc(OC(C)C)ccc1NC(=O)C1CCC(=O)N1. The van der Waals surface area contributed by atoms with Crippen LogP contribution in [0.2, 0.25) is 0 Å². The third kappa shape index (κ3) is 3.50. The lowest BCUT2D eigenvalue weighted by Gasteiger charge is -2.15. The monoisotopic (exact) mass is 276 g/mol. The minimum atomic E-state index is -0.423. The molecule has 1 aromatic rings. The molecule has 1 aromatic carbocycles. The van der Waals surface area contributed by atoms with E-state index < -0.39 is 6.04 Å². The van der Waals surface area contributed by atoms with Gasteiger partial charge in [-0.3, -0.25) is 9.59 Å². The molecule has 2 amide bonds. The van der Waals surface area contributed by atoms with Crippen LogP contribution in [-0.2, 0) is 9.59 Å². The fourth-order valence-corrected chi connectivity index (χ4v) is 2.15. The molecule has 0 spiro atoms. The molecule has 5 heteroatoms. The molecule has 1 heterocycles. The lowest BCUT2D eigenvalue weighted by molar-refractivity contribution is -0.122. The summed E-state index contributed by atoms with van der Waals surface area (Å²) in [5.41, 5.74) is 1.67. The van der Waals surface area contributed by atoms with Gasteiger partial charge in [0, 0.05) is 12.1 Å². The number of hydrogen-bond acceptors (Lipinski definition) is 3. The highest BCUT2D eigenvalue weighted by molar-refractivity contribution is 5.99. The van der Waals surface area contributed by atoms with Gasteiger partial charge in [0.15, 0.2) is 0 Å². The number of benzene rings is 1. The van der Waals surface area contributed by atoms with Crippen molar-refractivity contribution in [2.75, 3.05) is 5.32 Å². The number of anilines is 1. The zero-order valence-electron chi connectivity index (χ0n) is 12.0. The van der Waals surface area contributed by atoms with Crippen LogP contribution < -0.4 is 15.4 Å². The normalized spacial score (nSPS) is 18.0. The maximum atomic E-state index is 12.0. The van der Waals surface area contributed by atoms with Gasteiger partial charge in [0.05, 0.1) is 6.10 Å². The molecular formula is C15H20N2O3. The number of hydrogen-bond donors (Lipinski definition) is 2. The molecule has 108 valence electrons. The van der Waals surface area contributed by atoms with Gasteiger partial charge in [0.25, 0.3) is 0 Å². The maximum Gasteiger partial charge on any atom is 0.246 e. The molecule has 1 saturated heterocycles. The summed E-state index contributed by atoms with van der Waals surface area (Å²) in [7, 11) is 0. The molecule has 20 heavy (non-hydrogen) atoms. The minimum Gasteiger partial charge on any atom is -0.491 e. The van der Waals surface area contributed by atoms with E-state index in [1.54, 1.807) is 0 Å².